The van der Waals surface area contributed by atoms with E-state index in [0.717, 1.165) is 55.8 Å². The summed E-state index contributed by atoms with van der Waals surface area (Å²) in [5, 5.41) is 0. The summed E-state index contributed by atoms with van der Waals surface area (Å²) >= 11 is 3.35. The molecule has 0 atom stereocenters. The first-order valence-electron chi connectivity index (χ1n) is 10.7. The van der Waals surface area contributed by atoms with Crippen LogP contribution in [0.2, 0.25) is 0 Å². The largest absolute Gasteiger partial charge is 0.466 e. The van der Waals surface area contributed by atoms with Gasteiger partial charge in [0.1, 0.15) is 5.75 Å². The number of carbonyl (C=O) groups is 2. The molecule has 1 rings (SSSR count). The Morgan fingerprint density at radius 1 is 0.750 bits per heavy atom. The van der Waals surface area contributed by atoms with Gasteiger partial charge < -0.3 is 9.47 Å². The van der Waals surface area contributed by atoms with Gasteiger partial charge in [-0.1, -0.05) is 74.2 Å². The van der Waals surface area contributed by atoms with E-state index in [4.69, 9.17) is 9.47 Å². The smallest absolute Gasteiger partial charge is 0.311 e. The summed E-state index contributed by atoms with van der Waals surface area (Å²) in [6.45, 7) is 2.76. The summed E-state index contributed by atoms with van der Waals surface area (Å²) in [6.07, 6.45) is 12.8. The maximum Gasteiger partial charge on any atom is 0.311 e. The zero-order valence-electron chi connectivity index (χ0n) is 17.2. The number of esters is 2. The van der Waals surface area contributed by atoms with E-state index < -0.39 is 0 Å². The van der Waals surface area contributed by atoms with Crippen LogP contribution in [0.1, 0.15) is 90.4 Å². The molecule has 1 aromatic rings. The van der Waals surface area contributed by atoms with E-state index >= 15 is 0 Å². The molecular formula is C23H35BrO4. The molecular weight excluding hydrogens is 420 g/mol. The van der Waals surface area contributed by atoms with Crippen molar-refractivity contribution in [2.24, 2.45) is 0 Å². The van der Waals surface area contributed by atoms with E-state index in [1.165, 1.54) is 19.3 Å². The second-order valence-corrected chi connectivity index (χ2v) is 8.10. The lowest BCUT2D eigenvalue weighted by molar-refractivity contribution is -0.144. The Labute approximate surface area is 178 Å². The predicted octanol–water partition coefficient (Wildman–Crippen LogP) is 6.99. The van der Waals surface area contributed by atoms with E-state index in [1.54, 1.807) is 12.1 Å². The van der Waals surface area contributed by atoms with Gasteiger partial charge in [-0.25, -0.2) is 0 Å². The highest BCUT2D eigenvalue weighted by Gasteiger charge is 2.05. The fraction of sp³-hybridized carbons (Fsp3) is 0.652. The first-order valence-corrected chi connectivity index (χ1v) is 11.5. The SMILES string of the molecule is CCCCCCCOC(=O)CCCCCCCCC(=O)Oc1ccc(Br)cc1. The minimum absolute atomic E-state index is 0.0637. The van der Waals surface area contributed by atoms with Crippen LogP contribution in [0.25, 0.3) is 0 Å². The molecule has 0 spiro atoms. The van der Waals surface area contributed by atoms with Crippen molar-refractivity contribution in [1.82, 2.24) is 0 Å². The molecule has 28 heavy (non-hydrogen) atoms. The van der Waals surface area contributed by atoms with Crippen molar-refractivity contribution in [2.45, 2.75) is 90.4 Å². The lowest BCUT2D eigenvalue weighted by Crippen LogP contribution is -2.07. The van der Waals surface area contributed by atoms with Crippen LogP contribution >= 0.6 is 15.9 Å². The van der Waals surface area contributed by atoms with Gasteiger partial charge in [0.2, 0.25) is 0 Å². The summed E-state index contributed by atoms with van der Waals surface area (Å²) in [7, 11) is 0. The minimum atomic E-state index is -0.181. The molecule has 0 bridgehead atoms. The van der Waals surface area contributed by atoms with Gasteiger partial charge in [0.05, 0.1) is 6.61 Å². The number of hydrogen-bond acceptors (Lipinski definition) is 4. The first kappa shape index (κ1) is 24.7. The third kappa shape index (κ3) is 13.8. The third-order valence-corrected chi connectivity index (χ3v) is 5.10. The maximum absolute atomic E-state index is 11.8. The van der Waals surface area contributed by atoms with Gasteiger partial charge in [-0.15, -0.1) is 0 Å². The quantitative estimate of drug-likeness (QED) is 0.153. The van der Waals surface area contributed by atoms with Crippen molar-refractivity contribution in [3.05, 3.63) is 28.7 Å². The van der Waals surface area contributed by atoms with Crippen LogP contribution in [0.5, 0.6) is 5.75 Å². The van der Waals surface area contributed by atoms with E-state index in [1.807, 2.05) is 12.1 Å². The van der Waals surface area contributed by atoms with Gasteiger partial charge in [-0.05, 0) is 43.5 Å². The molecule has 0 heterocycles. The van der Waals surface area contributed by atoms with Crippen molar-refractivity contribution in [2.75, 3.05) is 6.61 Å². The van der Waals surface area contributed by atoms with Gasteiger partial charge in [-0.3, -0.25) is 9.59 Å². The maximum atomic E-state index is 11.8. The monoisotopic (exact) mass is 454 g/mol. The molecule has 5 heteroatoms. The summed E-state index contributed by atoms with van der Waals surface area (Å²) in [5.74, 6) is 0.340. The van der Waals surface area contributed by atoms with Crippen LogP contribution in [0.3, 0.4) is 0 Å². The summed E-state index contributed by atoms with van der Waals surface area (Å²) in [5.41, 5.74) is 0. The molecule has 0 radical (unpaired) electrons. The van der Waals surface area contributed by atoms with Crippen molar-refractivity contribution in [3.8, 4) is 5.75 Å². The second-order valence-electron chi connectivity index (χ2n) is 7.18. The Morgan fingerprint density at radius 3 is 1.93 bits per heavy atom. The molecule has 158 valence electrons. The van der Waals surface area contributed by atoms with Crippen LogP contribution in [0.15, 0.2) is 28.7 Å². The first-order chi connectivity index (χ1) is 13.6. The van der Waals surface area contributed by atoms with Crippen molar-refractivity contribution >= 4 is 27.9 Å². The minimum Gasteiger partial charge on any atom is -0.466 e. The van der Waals surface area contributed by atoms with Gasteiger partial charge >= 0.3 is 11.9 Å². The van der Waals surface area contributed by atoms with E-state index in [-0.39, 0.29) is 11.9 Å². The molecule has 0 aliphatic rings. The van der Waals surface area contributed by atoms with Crippen LogP contribution < -0.4 is 4.74 Å². The summed E-state index contributed by atoms with van der Waals surface area (Å²) in [4.78, 5) is 23.4. The molecule has 4 nitrogen and oxygen atoms in total. The molecule has 0 N–H and O–H groups in total. The van der Waals surface area contributed by atoms with Crippen molar-refractivity contribution in [3.63, 3.8) is 0 Å². The van der Waals surface area contributed by atoms with E-state index in [2.05, 4.69) is 22.9 Å². The van der Waals surface area contributed by atoms with Crippen LogP contribution in [0, 0.1) is 0 Å². The molecule has 0 aliphatic carbocycles. The van der Waals surface area contributed by atoms with Gasteiger partial charge in [0, 0.05) is 17.3 Å². The van der Waals surface area contributed by atoms with Crippen LogP contribution in [-0.2, 0) is 14.3 Å². The highest BCUT2D eigenvalue weighted by atomic mass is 79.9. The Hall–Kier alpha value is -1.36. The predicted molar refractivity (Wildman–Crippen MR) is 116 cm³/mol. The third-order valence-electron chi connectivity index (χ3n) is 4.57. The molecule has 0 unspecified atom stereocenters. The highest BCUT2D eigenvalue weighted by Crippen LogP contribution is 2.17. The number of ether oxygens (including phenoxy) is 2. The van der Waals surface area contributed by atoms with Gasteiger partial charge in [0.25, 0.3) is 0 Å². The van der Waals surface area contributed by atoms with E-state index in [9.17, 15) is 9.59 Å². The Bertz CT molecular complexity index is 542. The Morgan fingerprint density at radius 2 is 1.29 bits per heavy atom. The lowest BCUT2D eigenvalue weighted by atomic mass is 10.1. The second kappa shape index (κ2) is 16.6. The van der Waals surface area contributed by atoms with Crippen LogP contribution in [0.4, 0.5) is 0 Å². The number of halogens is 1. The van der Waals surface area contributed by atoms with Crippen LogP contribution in [-0.4, -0.2) is 18.5 Å². The molecule has 0 saturated carbocycles. The fourth-order valence-corrected chi connectivity index (χ4v) is 3.16. The average Bonchev–Trinajstić information content (AvgIpc) is 2.68. The Kier molecular flexibility index (Phi) is 14.6. The molecule has 1 aromatic carbocycles. The molecule has 0 aromatic heterocycles. The summed E-state index contributed by atoms with van der Waals surface area (Å²) in [6, 6.07) is 7.26. The summed E-state index contributed by atoms with van der Waals surface area (Å²) < 4.78 is 11.5. The number of rotatable bonds is 16. The number of benzene rings is 1. The van der Waals surface area contributed by atoms with E-state index in [0.29, 0.717) is 25.2 Å². The number of hydrogen-bond donors (Lipinski definition) is 0. The Balaban J connectivity index is 1.88. The van der Waals surface area contributed by atoms with Gasteiger partial charge in [-0.2, -0.15) is 0 Å². The molecule has 0 fully saturated rings. The molecule has 0 amide bonds. The lowest BCUT2D eigenvalue weighted by Gasteiger charge is -2.05. The fourth-order valence-electron chi connectivity index (χ4n) is 2.89. The zero-order valence-corrected chi connectivity index (χ0v) is 18.8. The molecule has 0 aliphatic heterocycles. The number of carbonyl (C=O) groups excluding carboxylic acids is 2. The van der Waals surface area contributed by atoms with Crippen molar-refractivity contribution in [1.29, 1.82) is 0 Å². The highest BCUT2D eigenvalue weighted by molar-refractivity contribution is 9.10. The number of unbranched alkanes of at least 4 members (excludes halogenated alkanes) is 9. The topological polar surface area (TPSA) is 52.6 Å². The van der Waals surface area contributed by atoms with Gasteiger partial charge in [0.15, 0.2) is 0 Å². The average molecular weight is 455 g/mol. The standard InChI is InChI=1S/C23H35BrO4/c1-2-3-4-9-12-19-27-22(25)13-10-7-5-6-8-11-14-23(26)28-21-17-15-20(24)16-18-21/h15-18H,2-14,19H2,1H3. The molecule has 0 saturated heterocycles. The normalized spacial score (nSPS) is 10.6. The zero-order chi connectivity index (χ0) is 20.5. The van der Waals surface area contributed by atoms with Crippen molar-refractivity contribution < 1.29 is 19.1 Å².